The van der Waals surface area contributed by atoms with Crippen molar-refractivity contribution >= 4 is 63.1 Å². The van der Waals surface area contributed by atoms with Crippen LogP contribution in [0.1, 0.15) is 143 Å². The molecule has 19 heteroatoms. The summed E-state index contributed by atoms with van der Waals surface area (Å²) < 4.78 is 33.5. The summed E-state index contributed by atoms with van der Waals surface area (Å²) >= 11 is 1.59. The number of unbranched alkanes of at least 4 members (excludes halogenated alkanes) is 9. The summed E-state index contributed by atoms with van der Waals surface area (Å²) in [6.45, 7) is 14.2. The Morgan fingerprint density at radius 1 is 0.810 bits per heavy atom. The van der Waals surface area contributed by atoms with Crippen LogP contribution in [0.15, 0.2) is 84.4 Å². The number of benzene rings is 4. The predicted molar refractivity (Wildman–Crippen MR) is 328 cm³/mol. The van der Waals surface area contributed by atoms with Crippen molar-refractivity contribution in [2.45, 2.75) is 155 Å². The molecule has 0 spiro atoms. The summed E-state index contributed by atoms with van der Waals surface area (Å²) in [5.74, 6) is -2.01. The first-order valence-corrected chi connectivity index (χ1v) is 31.2. The molecule has 3 aliphatic heterocycles. The zero-order valence-corrected chi connectivity index (χ0v) is 50.1. The zero-order chi connectivity index (χ0) is 59.2. The van der Waals surface area contributed by atoms with Crippen LogP contribution in [0.3, 0.4) is 0 Å². The molecular weight excluding hydrogens is 1090 g/mol. The number of anilines is 3. The molecule has 0 unspecified atom stereocenters. The van der Waals surface area contributed by atoms with E-state index in [1.807, 2.05) is 87.8 Å². The highest BCUT2D eigenvalue weighted by Gasteiger charge is 2.44. The SMILES string of the molecule is Cc1ncsc1-c1ccc(CNC(=O)[C@@H]2C[C@@H](O)CN2C(=O)[C@@H](NC(=O)CCCCCCCCCCCCN2CCN(c3ccc(C(=O)Nc4n[nH]c5ccc(Cc6cc(F)cc(F)c6)cc45)c(NC4CCOCC4)c3)CC2)C(C)(C)C)cc1. The number of hydrogen-bond donors (Lipinski definition) is 6. The van der Waals surface area contributed by atoms with Crippen molar-refractivity contribution in [1.29, 1.82) is 0 Å². The Labute approximate surface area is 496 Å². The summed E-state index contributed by atoms with van der Waals surface area (Å²) in [4.78, 5) is 66.8. The molecule has 3 atom stereocenters. The van der Waals surface area contributed by atoms with Crippen LogP contribution in [-0.2, 0) is 32.1 Å². The Bertz CT molecular complexity index is 3150. The molecule has 3 aliphatic rings. The average molecular weight is 1170 g/mol. The molecule has 9 rings (SSSR count). The molecule has 4 amide bonds. The standard InChI is InChI=1S/C65H84F2N10O6S/c1-43-59(84-42-69-43)47-19-16-44(17-20-47)40-68-63(81)57-39-52(78)41-77(57)64(82)60(65(2,3)4)71-58(79)15-13-11-9-7-5-6-8-10-12-14-26-75-27-29-76(30-28-75)51-21-22-53(56(38-51)70-50-24-31-83-32-25-50)62(80)72-61-54-36-45(18-23-55(54)73-74-61)33-46-34-48(66)37-49(67)35-46/h16-23,34-38,42,50,52,57,60,70,78H,5-15,24-33,39-41H2,1-4H3,(H,68,81)(H,71,79)(H2,72,73,74,80)/t52-,57+,60-/m1/s1. The number of rotatable bonds is 26. The normalized spacial score (nSPS) is 17.4. The minimum absolute atomic E-state index is 0.0379. The number of fused-ring (bicyclic) bond motifs is 1. The van der Waals surface area contributed by atoms with Crippen LogP contribution >= 0.6 is 11.3 Å². The maximum atomic E-state index is 14.1. The summed E-state index contributed by atoms with van der Waals surface area (Å²) in [6, 6.07) is 21.6. The van der Waals surface area contributed by atoms with E-state index < -0.39 is 35.2 Å². The van der Waals surface area contributed by atoms with Gasteiger partial charge in [0.2, 0.25) is 17.7 Å². The number of β-amino-alcohol motifs (C(OH)–C–C–N with tert-alkyl or cyclic N) is 1. The Morgan fingerprint density at radius 3 is 2.17 bits per heavy atom. The number of aliphatic hydroxyl groups is 1. The quantitative estimate of drug-likeness (QED) is 0.0283. The van der Waals surface area contributed by atoms with Crippen LogP contribution in [0.4, 0.5) is 26.0 Å². The topological polar surface area (TPSA) is 197 Å². The van der Waals surface area contributed by atoms with Gasteiger partial charge in [0.15, 0.2) is 5.82 Å². The van der Waals surface area contributed by atoms with Crippen molar-refractivity contribution in [3.8, 4) is 10.4 Å². The summed E-state index contributed by atoms with van der Waals surface area (Å²) in [5, 5.41) is 31.4. The highest BCUT2D eigenvalue weighted by molar-refractivity contribution is 7.13. The van der Waals surface area contributed by atoms with E-state index in [4.69, 9.17) is 4.74 Å². The number of carbonyl (C=O) groups excluding carboxylic acids is 4. The van der Waals surface area contributed by atoms with Gasteiger partial charge in [-0.2, -0.15) is 5.10 Å². The highest BCUT2D eigenvalue weighted by Crippen LogP contribution is 2.32. The summed E-state index contributed by atoms with van der Waals surface area (Å²) in [5.41, 5.74) is 8.61. The van der Waals surface area contributed by atoms with Gasteiger partial charge in [-0.25, -0.2) is 13.8 Å². The van der Waals surface area contributed by atoms with E-state index in [0.29, 0.717) is 48.4 Å². The van der Waals surface area contributed by atoms with Crippen molar-refractivity contribution in [2.75, 3.05) is 68.0 Å². The molecule has 3 fully saturated rings. The van der Waals surface area contributed by atoms with Crippen LogP contribution in [0.5, 0.6) is 0 Å². The molecule has 450 valence electrons. The number of piperazine rings is 1. The fraction of sp³-hybridized carbons (Fsp3) is 0.508. The number of nitrogens with one attached hydrogen (secondary N) is 5. The molecule has 2 aromatic heterocycles. The number of amides is 4. The molecule has 0 aliphatic carbocycles. The number of likely N-dealkylation sites (tertiary alicyclic amines) is 1. The van der Waals surface area contributed by atoms with Crippen LogP contribution in [0.25, 0.3) is 21.3 Å². The number of aromatic nitrogens is 3. The van der Waals surface area contributed by atoms with Crippen molar-refractivity contribution in [3.05, 3.63) is 124 Å². The molecule has 3 saturated heterocycles. The first kappa shape index (κ1) is 61.8. The number of ether oxygens (including phenoxy) is 1. The molecule has 5 heterocycles. The van der Waals surface area contributed by atoms with Crippen LogP contribution in [-0.4, -0.2) is 130 Å². The minimum Gasteiger partial charge on any atom is -0.391 e. The number of aromatic amines is 1. The summed E-state index contributed by atoms with van der Waals surface area (Å²) in [6.07, 6.45) is 12.7. The lowest BCUT2D eigenvalue weighted by molar-refractivity contribution is -0.144. The molecule has 0 saturated carbocycles. The van der Waals surface area contributed by atoms with Crippen LogP contribution in [0, 0.1) is 24.0 Å². The fourth-order valence-corrected chi connectivity index (χ4v) is 12.6. The third-order valence-corrected chi connectivity index (χ3v) is 17.6. The second kappa shape index (κ2) is 29.3. The Morgan fingerprint density at radius 2 is 1.49 bits per heavy atom. The first-order valence-electron chi connectivity index (χ1n) is 30.3. The lowest BCUT2D eigenvalue weighted by atomic mass is 9.85. The Kier molecular flexibility index (Phi) is 21.6. The van der Waals surface area contributed by atoms with Gasteiger partial charge in [0, 0.05) is 94.2 Å². The monoisotopic (exact) mass is 1170 g/mol. The number of thiazole rings is 1. The van der Waals surface area contributed by atoms with Crippen LogP contribution < -0.4 is 26.2 Å². The molecule has 0 bridgehead atoms. The van der Waals surface area contributed by atoms with Gasteiger partial charge in [-0.1, -0.05) is 102 Å². The lowest BCUT2D eigenvalue weighted by Crippen LogP contribution is -2.57. The number of halogens is 2. The number of nitrogens with zero attached hydrogens (tertiary/aromatic N) is 5. The van der Waals surface area contributed by atoms with Crippen molar-refractivity contribution in [2.24, 2.45) is 5.41 Å². The predicted octanol–water partition coefficient (Wildman–Crippen LogP) is 10.9. The van der Waals surface area contributed by atoms with Crippen molar-refractivity contribution in [3.63, 3.8) is 0 Å². The highest BCUT2D eigenvalue weighted by atomic mass is 32.1. The zero-order valence-electron chi connectivity index (χ0n) is 49.3. The number of carbonyl (C=O) groups is 4. The van der Waals surface area contributed by atoms with Gasteiger partial charge in [-0.15, -0.1) is 11.3 Å². The summed E-state index contributed by atoms with van der Waals surface area (Å²) in [7, 11) is 0. The average Bonchev–Trinajstić information content (AvgIpc) is 3.34. The number of aryl methyl sites for hydroxylation is 1. The second-order valence-electron chi connectivity index (χ2n) is 24.2. The third-order valence-electron chi connectivity index (χ3n) is 16.6. The number of aliphatic hydroxyl groups excluding tert-OH is 1. The first-order chi connectivity index (χ1) is 40.5. The number of hydrogen-bond acceptors (Lipinski definition) is 12. The fourth-order valence-electron chi connectivity index (χ4n) is 11.8. The number of H-pyrrole nitrogens is 1. The molecule has 16 nitrogen and oxygen atoms in total. The molecule has 84 heavy (non-hydrogen) atoms. The molecule has 6 aromatic rings. The van der Waals surface area contributed by atoms with E-state index in [2.05, 4.69) is 52.3 Å². The molecule has 4 aromatic carbocycles. The van der Waals surface area contributed by atoms with E-state index in [-0.39, 0.29) is 49.2 Å². The van der Waals surface area contributed by atoms with Gasteiger partial charge in [0.1, 0.15) is 23.7 Å². The van der Waals surface area contributed by atoms with E-state index in [9.17, 15) is 33.1 Å². The maximum absolute atomic E-state index is 14.1. The van der Waals surface area contributed by atoms with Gasteiger partial charge in [-0.3, -0.25) is 29.2 Å². The van der Waals surface area contributed by atoms with Crippen molar-refractivity contribution in [1.82, 2.24) is 35.6 Å². The maximum Gasteiger partial charge on any atom is 0.258 e. The van der Waals surface area contributed by atoms with Crippen LogP contribution in [0.2, 0.25) is 0 Å². The van der Waals surface area contributed by atoms with Gasteiger partial charge >= 0.3 is 0 Å². The van der Waals surface area contributed by atoms with Gasteiger partial charge in [0.05, 0.1) is 33.3 Å². The smallest absolute Gasteiger partial charge is 0.258 e. The van der Waals surface area contributed by atoms with E-state index in [1.54, 1.807) is 11.3 Å². The van der Waals surface area contributed by atoms with Gasteiger partial charge in [-0.05, 0) is 116 Å². The van der Waals surface area contributed by atoms with E-state index in [1.165, 1.54) is 55.6 Å². The molecule has 6 N–H and O–H groups in total. The largest absolute Gasteiger partial charge is 0.391 e. The molecular formula is C65H84F2N10O6S. The second-order valence-corrected chi connectivity index (χ2v) is 25.0. The van der Waals surface area contributed by atoms with E-state index in [0.717, 1.165) is 121 Å². The van der Waals surface area contributed by atoms with Crippen molar-refractivity contribution < 1.29 is 37.8 Å². The van der Waals surface area contributed by atoms with Gasteiger partial charge < -0.3 is 40.9 Å². The van der Waals surface area contributed by atoms with E-state index >= 15 is 0 Å². The molecule has 0 radical (unpaired) electrons. The third kappa shape index (κ3) is 17.0. The lowest BCUT2D eigenvalue weighted by Gasteiger charge is -2.36. The minimum atomic E-state index is -0.841. The van der Waals surface area contributed by atoms with Gasteiger partial charge in [0.25, 0.3) is 5.91 Å². The Hall–Kier alpha value is -6.80. The Balaban J connectivity index is 0.644.